The van der Waals surface area contributed by atoms with Gasteiger partial charge in [-0.25, -0.2) is 4.79 Å². The highest BCUT2D eigenvalue weighted by atomic mass is 16.5. The Kier molecular flexibility index (Phi) is 6.93. The number of aliphatic carboxylic acids is 1. The summed E-state index contributed by atoms with van der Waals surface area (Å²) in [7, 11) is 1.64. The minimum absolute atomic E-state index is 0.175. The second-order valence-corrected chi connectivity index (χ2v) is 9.17. The van der Waals surface area contributed by atoms with Crippen molar-refractivity contribution in [3.63, 3.8) is 0 Å². The average molecular weight is 493 g/mol. The molecule has 0 fully saturated rings. The number of methoxy groups -OCH3 is 1. The maximum atomic E-state index is 11.3. The lowest BCUT2D eigenvalue weighted by atomic mass is 10.0. The zero-order valence-electron chi connectivity index (χ0n) is 20.7. The van der Waals surface area contributed by atoms with Gasteiger partial charge in [-0.15, -0.1) is 0 Å². The van der Waals surface area contributed by atoms with E-state index in [1.54, 1.807) is 24.8 Å². The van der Waals surface area contributed by atoms with Crippen LogP contribution >= 0.6 is 0 Å². The van der Waals surface area contributed by atoms with Crippen LogP contribution in [0.15, 0.2) is 60.1 Å². The molecule has 2 unspecified atom stereocenters. The van der Waals surface area contributed by atoms with Crippen molar-refractivity contribution in [3.8, 4) is 17.2 Å². The van der Waals surface area contributed by atoms with Crippen LogP contribution in [0, 0.1) is 0 Å². The number of carbonyl (C=O) groups is 1. The van der Waals surface area contributed by atoms with Crippen molar-refractivity contribution >= 4 is 16.9 Å². The van der Waals surface area contributed by atoms with Crippen molar-refractivity contribution in [2.75, 3.05) is 20.3 Å². The van der Waals surface area contributed by atoms with E-state index in [9.17, 15) is 9.90 Å². The number of allylic oxidation sites excluding steroid dienone is 2. The van der Waals surface area contributed by atoms with E-state index >= 15 is 0 Å². The summed E-state index contributed by atoms with van der Waals surface area (Å²) < 4.78 is 25.3. The SMILES string of the molecule is COc1cc(C2NC3=C(CCCC3)O2)ccc1OCCCOc1ccc2c(ccn2C(C)C(=O)O)c1. The summed E-state index contributed by atoms with van der Waals surface area (Å²) in [4.78, 5) is 11.3. The lowest BCUT2D eigenvalue weighted by molar-refractivity contribution is -0.140. The number of carboxylic acids is 1. The average Bonchev–Trinajstić information content (AvgIpc) is 3.52. The predicted molar refractivity (Wildman–Crippen MR) is 135 cm³/mol. The van der Waals surface area contributed by atoms with E-state index in [1.807, 2.05) is 42.5 Å². The first-order valence-corrected chi connectivity index (χ1v) is 12.5. The first-order valence-electron chi connectivity index (χ1n) is 12.5. The van der Waals surface area contributed by atoms with Crippen LogP contribution in [-0.2, 0) is 9.53 Å². The molecule has 36 heavy (non-hydrogen) atoms. The molecular weight excluding hydrogens is 460 g/mol. The minimum atomic E-state index is -0.863. The van der Waals surface area contributed by atoms with Gasteiger partial charge in [0.15, 0.2) is 17.7 Å². The van der Waals surface area contributed by atoms with Gasteiger partial charge in [-0.1, -0.05) is 0 Å². The van der Waals surface area contributed by atoms with E-state index < -0.39 is 12.0 Å². The number of carboxylic acid groups (broad SMARTS) is 1. The Balaban J connectivity index is 1.12. The first-order chi connectivity index (χ1) is 17.5. The van der Waals surface area contributed by atoms with Crippen molar-refractivity contribution in [2.45, 2.75) is 51.3 Å². The number of rotatable bonds is 10. The third-order valence-electron chi connectivity index (χ3n) is 6.75. The van der Waals surface area contributed by atoms with Gasteiger partial charge in [-0.05, 0) is 68.7 Å². The number of aromatic nitrogens is 1. The molecule has 2 aliphatic rings. The highest BCUT2D eigenvalue weighted by Crippen LogP contribution is 2.38. The van der Waals surface area contributed by atoms with Gasteiger partial charge >= 0.3 is 5.97 Å². The number of nitrogens with zero attached hydrogens (tertiary/aromatic N) is 1. The first kappa shape index (κ1) is 23.9. The molecule has 5 rings (SSSR count). The number of hydrogen-bond acceptors (Lipinski definition) is 6. The van der Waals surface area contributed by atoms with E-state index in [4.69, 9.17) is 18.9 Å². The van der Waals surface area contributed by atoms with Crippen molar-refractivity contribution in [2.24, 2.45) is 0 Å². The fourth-order valence-electron chi connectivity index (χ4n) is 4.73. The molecule has 190 valence electrons. The summed E-state index contributed by atoms with van der Waals surface area (Å²) in [6.45, 7) is 2.64. The summed E-state index contributed by atoms with van der Waals surface area (Å²) in [6.07, 6.45) is 6.76. The van der Waals surface area contributed by atoms with Crippen LogP contribution in [0.3, 0.4) is 0 Å². The number of benzene rings is 2. The molecule has 8 heteroatoms. The summed E-state index contributed by atoms with van der Waals surface area (Å²) in [5, 5.41) is 13.7. The molecule has 1 aliphatic carbocycles. The van der Waals surface area contributed by atoms with Crippen LogP contribution in [0.5, 0.6) is 17.2 Å². The molecule has 2 atom stereocenters. The molecule has 0 saturated carbocycles. The third kappa shape index (κ3) is 4.94. The third-order valence-corrected chi connectivity index (χ3v) is 6.75. The van der Waals surface area contributed by atoms with Gasteiger partial charge in [0.25, 0.3) is 0 Å². The Labute approximate surface area is 210 Å². The molecule has 1 aliphatic heterocycles. The fraction of sp³-hybridized carbons (Fsp3) is 0.393. The van der Waals surface area contributed by atoms with Crippen LogP contribution in [0.4, 0.5) is 0 Å². The van der Waals surface area contributed by atoms with E-state index in [0.29, 0.717) is 31.1 Å². The molecule has 1 aromatic heterocycles. The Hall–Kier alpha value is -3.81. The standard InChI is InChI=1S/C28H32N2O6/c1-18(28(31)32)30-13-12-19-16-21(9-10-23(19)30)34-14-5-15-35-25-11-8-20(17-26(25)33-2)27-29-22-6-3-4-7-24(22)36-27/h8-13,16-18,27,29H,3-7,14-15H2,1-2H3,(H,31,32). The number of nitrogens with one attached hydrogen (secondary N) is 1. The highest BCUT2D eigenvalue weighted by molar-refractivity contribution is 5.84. The molecule has 0 saturated heterocycles. The molecule has 0 bridgehead atoms. The number of fused-ring (bicyclic) bond motifs is 1. The topological polar surface area (TPSA) is 91.2 Å². The zero-order chi connectivity index (χ0) is 25.1. The molecule has 2 heterocycles. The van der Waals surface area contributed by atoms with E-state index in [-0.39, 0.29) is 6.23 Å². The minimum Gasteiger partial charge on any atom is -0.493 e. The van der Waals surface area contributed by atoms with Gasteiger partial charge in [0.1, 0.15) is 17.6 Å². The molecule has 8 nitrogen and oxygen atoms in total. The predicted octanol–water partition coefficient (Wildman–Crippen LogP) is 5.55. The lowest BCUT2D eigenvalue weighted by Gasteiger charge is -2.17. The normalized spacial score (nSPS) is 17.8. The van der Waals surface area contributed by atoms with Crippen LogP contribution < -0.4 is 19.5 Å². The van der Waals surface area contributed by atoms with Gasteiger partial charge in [-0.2, -0.15) is 0 Å². The Morgan fingerprint density at radius 3 is 2.75 bits per heavy atom. The summed E-state index contributed by atoms with van der Waals surface area (Å²) >= 11 is 0. The van der Waals surface area contributed by atoms with Crippen molar-refractivity contribution < 1.29 is 28.8 Å². The van der Waals surface area contributed by atoms with Crippen LogP contribution in [0.1, 0.15) is 56.9 Å². The van der Waals surface area contributed by atoms with Crippen LogP contribution in [0.25, 0.3) is 10.9 Å². The molecule has 3 aromatic rings. The number of ether oxygens (including phenoxy) is 4. The maximum Gasteiger partial charge on any atom is 0.326 e. The van der Waals surface area contributed by atoms with Crippen molar-refractivity contribution in [1.29, 1.82) is 0 Å². The van der Waals surface area contributed by atoms with Crippen LogP contribution in [-0.4, -0.2) is 36.0 Å². The van der Waals surface area contributed by atoms with Gasteiger partial charge in [0, 0.05) is 35.5 Å². The lowest BCUT2D eigenvalue weighted by Crippen LogP contribution is -2.16. The van der Waals surface area contributed by atoms with Gasteiger partial charge < -0.3 is 33.9 Å². The van der Waals surface area contributed by atoms with Crippen molar-refractivity contribution in [3.05, 3.63) is 65.7 Å². The maximum absolute atomic E-state index is 11.3. The molecular formula is C28H32N2O6. The van der Waals surface area contributed by atoms with E-state index in [2.05, 4.69) is 5.32 Å². The molecule has 0 radical (unpaired) electrons. The zero-order valence-corrected chi connectivity index (χ0v) is 20.7. The monoisotopic (exact) mass is 492 g/mol. The smallest absolute Gasteiger partial charge is 0.326 e. The van der Waals surface area contributed by atoms with Crippen LogP contribution in [0.2, 0.25) is 0 Å². The number of hydrogen-bond donors (Lipinski definition) is 2. The van der Waals surface area contributed by atoms with Gasteiger partial charge in [-0.3, -0.25) is 0 Å². The Morgan fingerprint density at radius 1 is 1.11 bits per heavy atom. The van der Waals surface area contributed by atoms with Crippen molar-refractivity contribution in [1.82, 2.24) is 9.88 Å². The summed E-state index contributed by atoms with van der Waals surface area (Å²) in [6, 6.07) is 12.9. The summed E-state index contributed by atoms with van der Waals surface area (Å²) in [5.74, 6) is 2.34. The molecule has 0 amide bonds. The quantitative estimate of drug-likeness (QED) is 0.359. The Bertz CT molecular complexity index is 1260. The van der Waals surface area contributed by atoms with E-state index in [1.165, 1.54) is 18.5 Å². The largest absolute Gasteiger partial charge is 0.493 e. The van der Waals surface area contributed by atoms with Gasteiger partial charge in [0.05, 0.1) is 26.0 Å². The van der Waals surface area contributed by atoms with Gasteiger partial charge in [0.2, 0.25) is 0 Å². The molecule has 2 aromatic carbocycles. The second-order valence-electron chi connectivity index (χ2n) is 9.17. The fourth-order valence-corrected chi connectivity index (χ4v) is 4.73. The van der Waals surface area contributed by atoms with E-state index in [0.717, 1.165) is 40.8 Å². The molecule has 2 N–H and O–H groups in total. The highest BCUT2D eigenvalue weighted by Gasteiger charge is 2.28. The Morgan fingerprint density at radius 2 is 1.94 bits per heavy atom. The molecule has 0 spiro atoms. The second kappa shape index (κ2) is 10.4. The summed E-state index contributed by atoms with van der Waals surface area (Å²) in [5.41, 5.74) is 3.11.